The molecule has 2 amide bonds. The minimum atomic E-state index is -3.23. The zero-order valence-corrected chi connectivity index (χ0v) is 17.6. The Kier molecular flexibility index (Phi) is 6.88. The fraction of sp³-hybridized carbons (Fsp3) is 0.450. The van der Waals surface area contributed by atoms with Crippen LogP contribution in [0.2, 0.25) is 0 Å². The number of piperidine rings is 1. The lowest BCUT2D eigenvalue weighted by Gasteiger charge is -2.31. The third-order valence-electron chi connectivity index (χ3n) is 5.12. The number of benzene rings is 1. The van der Waals surface area contributed by atoms with E-state index in [0.29, 0.717) is 43.3 Å². The smallest absolute Gasteiger partial charge is 0.257 e. The van der Waals surface area contributed by atoms with Crippen LogP contribution in [-0.4, -0.2) is 61.0 Å². The van der Waals surface area contributed by atoms with Crippen LogP contribution in [0, 0.1) is 0 Å². The highest BCUT2D eigenvalue weighted by molar-refractivity contribution is 7.89. The molecule has 3 rings (SSSR count). The third-order valence-corrected chi connectivity index (χ3v) is 7.19. The van der Waals surface area contributed by atoms with Crippen molar-refractivity contribution in [2.24, 2.45) is 0 Å². The minimum Gasteiger partial charge on any atom is -0.360 e. The quantitative estimate of drug-likeness (QED) is 0.587. The normalized spacial score (nSPS) is 15.8. The molecule has 0 saturated carbocycles. The van der Waals surface area contributed by atoms with E-state index in [2.05, 4.69) is 15.6 Å². The molecule has 3 N–H and O–H groups in total. The molecule has 1 fully saturated rings. The average Bonchev–Trinajstić information content (AvgIpc) is 2.73. The van der Waals surface area contributed by atoms with Crippen LogP contribution in [0.1, 0.15) is 36.5 Å². The number of aromatic amines is 1. The summed E-state index contributed by atoms with van der Waals surface area (Å²) in [6, 6.07) is 6.72. The molecule has 30 heavy (non-hydrogen) atoms. The van der Waals surface area contributed by atoms with Crippen LogP contribution >= 0.6 is 0 Å². The second-order valence-electron chi connectivity index (χ2n) is 7.32. The Balaban J connectivity index is 1.50. The van der Waals surface area contributed by atoms with Gasteiger partial charge in [0.15, 0.2) is 0 Å². The van der Waals surface area contributed by atoms with E-state index in [1.165, 1.54) is 10.5 Å². The van der Waals surface area contributed by atoms with Crippen molar-refractivity contribution in [1.82, 2.24) is 19.9 Å². The van der Waals surface area contributed by atoms with Gasteiger partial charge in [0.1, 0.15) is 5.56 Å². The number of nitrogens with one attached hydrogen (secondary N) is 3. The second-order valence-corrected chi connectivity index (χ2v) is 9.41. The molecule has 0 bridgehead atoms. The summed E-state index contributed by atoms with van der Waals surface area (Å²) in [5.74, 6) is -0.877. The van der Waals surface area contributed by atoms with Gasteiger partial charge >= 0.3 is 0 Å². The van der Waals surface area contributed by atoms with Crippen molar-refractivity contribution in [1.29, 1.82) is 0 Å². The van der Waals surface area contributed by atoms with Crippen molar-refractivity contribution in [2.75, 3.05) is 25.4 Å². The van der Waals surface area contributed by atoms with E-state index in [9.17, 15) is 22.8 Å². The lowest BCUT2D eigenvalue weighted by Crippen LogP contribution is -2.49. The van der Waals surface area contributed by atoms with Crippen molar-refractivity contribution >= 4 is 32.7 Å². The Morgan fingerprint density at radius 2 is 1.90 bits per heavy atom. The summed E-state index contributed by atoms with van der Waals surface area (Å²) in [5, 5.41) is 5.68. The van der Waals surface area contributed by atoms with Crippen LogP contribution in [0.5, 0.6) is 0 Å². The van der Waals surface area contributed by atoms with E-state index in [4.69, 9.17) is 0 Å². The first-order chi connectivity index (χ1) is 14.3. The average molecular weight is 435 g/mol. The number of rotatable bonds is 7. The first-order valence-electron chi connectivity index (χ1n) is 9.97. The molecule has 1 aliphatic rings. The number of nitrogens with zero attached hydrogens (tertiary/aromatic N) is 1. The van der Waals surface area contributed by atoms with E-state index < -0.39 is 21.4 Å². The molecule has 0 unspecified atom stereocenters. The van der Waals surface area contributed by atoms with Crippen molar-refractivity contribution in [2.45, 2.75) is 32.2 Å². The van der Waals surface area contributed by atoms with Crippen molar-refractivity contribution in [3.8, 4) is 0 Å². The number of carbonyl (C=O) groups excluding carboxylic acids is 2. The summed E-state index contributed by atoms with van der Waals surface area (Å²) in [6.45, 7) is 2.29. The summed E-state index contributed by atoms with van der Waals surface area (Å²) in [4.78, 5) is 39.9. The largest absolute Gasteiger partial charge is 0.360 e. The molecule has 2 aromatic rings. The highest BCUT2D eigenvalue weighted by Gasteiger charge is 2.28. The first-order valence-corrected chi connectivity index (χ1v) is 11.6. The number of pyridine rings is 1. The monoisotopic (exact) mass is 434 g/mol. The van der Waals surface area contributed by atoms with Crippen molar-refractivity contribution in [3.63, 3.8) is 0 Å². The molecule has 1 aromatic carbocycles. The number of hydrogen-bond acceptors (Lipinski definition) is 5. The van der Waals surface area contributed by atoms with Gasteiger partial charge in [0.25, 0.3) is 5.91 Å². The van der Waals surface area contributed by atoms with Crippen LogP contribution in [0.4, 0.5) is 0 Å². The standard InChI is InChI=1S/C20H26N4O5S/c1-2-11-30(28,29)24-9-7-14(8-10-24)23-18(25)13-22-20(27)16-12-21-17-6-4-3-5-15(17)19(16)26/h3-6,12,14H,2,7-11,13H2,1H3,(H,21,26)(H,22,27)(H,23,25). The van der Waals surface area contributed by atoms with Crippen LogP contribution in [0.3, 0.4) is 0 Å². The predicted molar refractivity (Wildman–Crippen MR) is 114 cm³/mol. The van der Waals surface area contributed by atoms with Gasteiger partial charge in [0.2, 0.25) is 21.4 Å². The van der Waals surface area contributed by atoms with E-state index in [-0.39, 0.29) is 29.8 Å². The van der Waals surface area contributed by atoms with Gasteiger partial charge in [-0.3, -0.25) is 14.4 Å². The number of H-pyrrole nitrogens is 1. The van der Waals surface area contributed by atoms with E-state index in [1.807, 2.05) is 6.92 Å². The lowest BCUT2D eigenvalue weighted by atomic mass is 10.1. The molecule has 0 spiro atoms. The van der Waals surface area contributed by atoms with Crippen LogP contribution in [0.15, 0.2) is 35.3 Å². The molecule has 0 aliphatic carbocycles. The summed E-state index contributed by atoms with van der Waals surface area (Å²) < 4.78 is 25.7. The van der Waals surface area contributed by atoms with Gasteiger partial charge in [0, 0.05) is 36.2 Å². The maximum Gasteiger partial charge on any atom is 0.257 e. The summed E-state index contributed by atoms with van der Waals surface area (Å²) in [6.07, 6.45) is 2.95. The molecule has 0 radical (unpaired) electrons. The second kappa shape index (κ2) is 9.40. The Hall–Kier alpha value is -2.72. The van der Waals surface area contributed by atoms with E-state index in [0.717, 1.165) is 0 Å². The fourth-order valence-corrected chi connectivity index (χ4v) is 5.08. The molecule has 1 saturated heterocycles. The number of hydrogen-bond donors (Lipinski definition) is 3. The molecule has 9 nitrogen and oxygen atoms in total. The minimum absolute atomic E-state index is 0.0593. The van der Waals surface area contributed by atoms with Gasteiger partial charge < -0.3 is 15.6 Å². The molecule has 162 valence electrons. The summed E-state index contributed by atoms with van der Waals surface area (Å²) >= 11 is 0. The zero-order valence-electron chi connectivity index (χ0n) is 16.8. The Morgan fingerprint density at radius 1 is 1.20 bits per heavy atom. The molecule has 0 atom stereocenters. The molecule has 2 heterocycles. The van der Waals surface area contributed by atoms with Crippen LogP contribution < -0.4 is 16.1 Å². The number of sulfonamides is 1. The van der Waals surface area contributed by atoms with Gasteiger partial charge in [-0.15, -0.1) is 0 Å². The number of fused-ring (bicyclic) bond motifs is 1. The fourth-order valence-electron chi connectivity index (χ4n) is 3.54. The Bertz CT molecular complexity index is 1090. The summed E-state index contributed by atoms with van der Waals surface area (Å²) in [5.41, 5.74) is 0.169. The Labute approximate surface area is 174 Å². The molecule has 1 aromatic heterocycles. The van der Waals surface area contributed by atoms with Crippen molar-refractivity contribution < 1.29 is 18.0 Å². The topological polar surface area (TPSA) is 128 Å². The van der Waals surface area contributed by atoms with Crippen LogP contribution in [-0.2, 0) is 14.8 Å². The Morgan fingerprint density at radius 3 is 2.60 bits per heavy atom. The molecular formula is C20H26N4O5S. The lowest BCUT2D eigenvalue weighted by molar-refractivity contribution is -0.121. The maximum atomic E-state index is 12.5. The SMILES string of the molecule is CCCS(=O)(=O)N1CCC(NC(=O)CNC(=O)c2c[nH]c3ccccc3c2=O)CC1. The number of aromatic nitrogens is 1. The highest BCUT2D eigenvalue weighted by Crippen LogP contribution is 2.15. The number of para-hydroxylation sites is 1. The van der Waals surface area contributed by atoms with Crippen LogP contribution in [0.25, 0.3) is 10.9 Å². The van der Waals surface area contributed by atoms with Crippen molar-refractivity contribution in [3.05, 3.63) is 46.2 Å². The van der Waals surface area contributed by atoms with Gasteiger partial charge in [0.05, 0.1) is 12.3 Å². The predicted octanol–water partition coefficient (Wildman–Crippen LogP) is 0.578. The van der Waals surface area contributed by atoms with Gasteiger partial charge in [-0.25, -0.2) is 12.7 Å². The van der Waals surface area contributed by atoms with E-state index in [1.54, 1.807) is 24.3 Å². The maximum absolute atomic E-state index is 12.5. The molecule has 1 aliphatic heterocycles. The van der Waals surface area contributed by atoms with Gasteiger partial charge in [-0.05, 0) is 31.4 Å². The third kappa shape index (κ3) is 5.06. The van der Waals surface area contributed by atoms with E-state index >= 15 is 0 Å². The molecule has 10 heteroatoms. The number of amides is 2. The number of carbonyl (C=O) groups is 2. The molecular weight excluding hydrogens is 408 g/mol. The van der Waals surface area contributed by atoms with Gasteiger partial charge in [-0.1, -0.05) is 19.1 Å². The zero-order chi connectivity index (χ0) is 21.7. The van der Waals surface area contributed by atoms with Gasteiger partial charge in [-0.2, -0.15) is 0 Å². The summed E-state index contributed by atoms with van der Waals surface area (Å²) in [7, 11) is -3.23. The highest BCUT2D eigenvalue weighted by atomic mass is 32.2. The first kappa shape index (κ1) is 22.0.